The van der Waals surface area contributed by atoms with Gasteiger partial charge in [0.1, 0.15) is 29.2 Å². The van der Waals surface area contributed by atoms with Crippen LogP contribution in [-0.4, -0.2) is 128 Å². The third-order valence-corrected chi connectivity index (χ3v) is 13.8. The molecule has 0 aliphatic carbocycles. The van der Waals surface area contributed by atoms with Crippen LogP contribution in [0.5, 0.6) is 0 Å². The van der Waals surface area contributed by atoms with Gasteiger partial charge in [0, 0.05) is 73.3 Å². The predicted molar refractivity (Wildman–Crippen MR) is 214 cm³/mol. The summed E-state index contributed by atoms with van der Waals surface area (Å²) in [6.45, 7) is 14.5. The van der Waals surface area contributed by atoms with Crippen molar-refractivity contribution in [2.45, 2.75) is 134 Å². The van der Waals surface area contributed by atoms with Crippen LogP contribution in [0, 0.1) is 29.6 Å². The number of carbonyl (C=O) groups is 4. The maximum atomic E-state index is 14.7. The lowest BCUT2D eigenvalue weighted by Gasteiger charge is -2.47. The molecule has 316 valence electrons. The second-order valence-electron chi connectivity index (χ2n) is 16.8. The normalized spacial score (nSPS) is 38.4. The molecule has 3 saturated heterocycles. The molecular formula is C42H62N4O10S. The molecule has 2 aromatic heterocycles. The minimum Gasteiger partial charge on any atom is -0.458 e. The summed E-state index contributed by atoms with van der Waals surface area (Å²) in [4.78, 5) is 63.0. The highest BCUT2D eigenvalue weighted by molar-refractivity contribution is 8.00. The van der Waals surface area contributed by atoms with E-state index in [0.717, 1.165) is 11.3 Å². The number of aryl methyl sites for hydroxylation is 1. The number of cyclic esters (lactones) is 1. The number of esters is 2. The van der Waals surface area contributed by atoms with Crippen LogP contribution in [0.3, 0.4) is 0 Å². The molecule has 2 aromatic rings. The Bertz CT molecular complexity index is 1730. The molecule has 2 unspecified atom stereocenters. The maximum Gasteiger partial charge on any atom is 0.320 e. The number of ketones is 2. The summed E-state index contributed by atoms with van der Waals surface area (Å²) in [5.74, 6) is -5.57. The zero-order chi connectivity index (χ0) is 42.0. The molecule has 14 nitrogen and oxygen atoms in total. The van der Waals surface area contributed by atoms with Crippen LogP contribution in [0.4, 0.5) is 0 Å². The number of fused-ring (bicyclic) bond motifs is 1. The molecule has 3 aliphatic heterocycles. The zero-order valence-electron chi connectivity index (χ0n) is 35.2. The van der Waals surface area contributed by atoms with Crippen molar-refractivity contribution < 1.29 is 48.0 Å². The first-order valence-electron chi connectivity index (χ1n) is 20.1. The third kappa shape index (κ3) is 9.33. The molecule has 5 heterocycles. The van der Waals surface area contributed by atoms with Crippen LogP contribution in [-0.2, 0) is 49.4 Å². The van der Waals surface area contributed by atoms with E-state index in [1.54, 1.807) is 37.8 Å². The molecule has 0 saturated carbocycles. The summed E-state index contributed by atoms with van der Waals surface area (Å²) in [6.07, 6.45) is 1.89. The van der Waals surface area contributed by atoms with Gasteiger partial charge in [-0.25, -0.2) is 0 Å². The number of aromatic nitrogens is 3. The van der Waals surface area contributed by atoms with Crippen molar-refractivity contribution >= 4 is 35.3 Å². The van der Waals surface area contributed by atoms with E-state index in [0.29, 0.717) is 18.7 Å². The lowest BCUT2D eigenvalue weighted by atomic mass is 9.70. The van der Waals surface area contributed by atoms with Gasteiger partial charge in [-0.1, -0.05) is 27.7 Å². The first-order chi connectivity index (χ1) is 26.9. The van der Waals surface area contributed by atoms with Crippen molar-refractivity contribution in [1.29, 1.82) is 0 Å². The van der Waals surface area contributed by atoms with Crippen molar-refractivity contribution in [3.63, 3.8) is 0 Å². The minimum absolute atomic E-state index is 0.133. The number of Topliss-reactive ketones (excluding diaryl/α,β-unsaturated/α-hetero) is 2. The van der Waals surface area contributed by atoms with E-state index in [-0.39, 0.29) is 30.8 Å². The Balaban J connectivity index is 1.47. The molecule has 1 N–H and O–H groups in total. The molecular weight excluding hydrogens is 753 g/mol. The van der Waals surface area contributed by atoms with Gasteiger partial charge in [-0.2, -0.15) is 5.10 Å². The van der Waals surface area contributed by atoms with Crippen molar-refractivity contribution in [2.75, 3.05) is 27.0 Å². The fourth-order valence-electron chi connectivity index (χ4n) is 9.18. The largest absolute Gasteiger partial charge is 0.458 e. The van der Waals surface area contributed by atoms with Gasteiger partial charge in [0.05, 0.1) is 23.5 Å². The smallest absolute Gasteiger partial charge is 0.320 e. The van der Waals surface area contributed by atoms with E-state index >= 15 is 0 Å². The van der Waals surface area contributed by atoms with Gasteiger partial charge in [-0.05, 0) is 79.3 Å². The molecule has 57 heavy (non-hydrogen) atoms. The Morgan fingerprint density at radius 3 is 2.39 bits per heavy atom. The van der Waals surface area contributed by atoms with Gasteiger partial charge in [0.25, 0.3) is 0 Å². The summed E-state index contributed by atoms with van der Waals surface area (Å²) in [5.41, 5.74) is -0.962. The highest BCUT2D eigenvalue weighted by Crippen LogP contribution is 2.49. The maximum absolute atomic E-state index is 14.7. The summed E-state index contributed by atoms with van der Waals surface area (Å²) in [7, 11) is 5.24. The van der Waals surface area contributed by atoms with Crippen molar-refractivity contribution in [3.05, 3.63) is 36.8 Å². The van der Waals surface area contributed by atoms with Gasteiger partial charge in [-0.15, -0.1) is 11.8 Å². The summed E-state index contributed by atoms with van der Waals surface area (Å²) in [6, 6.07) is 5.41. The van der Waals surface area contributed by atoms with Crippen LogP contribution in [0.2, 0.25) is 0 Å². The minimum atomic E-state index is -1.37. The molecule has 0 bridgehead atoms. The first kappa shape index (κ1) is 44.9. The number of methoxy groups -OCH3 is 1. The number of nitrogens with zero attached hydrogens (tertiary/aromatic N) is 4. The Kier molecular flexibility index (Phi) is 14.5. The van der Waals surface area contributed by atoms with Crippen LogP contribution in [0.1, 0.15) is 74.7 Å². The number of rotatable bonds is 10. The number of aliphatic hydroxyl groups is 1. The van der Waals surface area contributed by atoms with Crippen molar-refractivity contribution in [1.82, 2.24) is 19.7 Å². The molecule has 14 atom stereocenters. The Hall–Kier alpha value is -3.21. The highest BCUT2D eigenvalue weighted by Gasteiger charge is 2.61. The fourth-order valence-corrected chi connectivity index (χ4v) is 10.6. The van der Waals surface area contributed by atoms with E-state index in [1.807, 2.05) is 71.1 Å². The molecule has 5 rings (SSSR count). The quantitative estimate of drug-likeness (QED) is 0.261. The van der Waals surface area contributed by atoms with Crippen LogP contribution in [0.25, 0.3) is 11.3 Å². The molecule has 0 spiro atoms. The molecule has 3 fully saturated rings. The number of aliphatic hydroxyl groups excluding tert-OH is 1. The lowest BCUT2D eigenvalue weighted by molar-refractivity contribution is -0.295. The van der Waals surface area contributed by atoms with Gasteiger partial charge < -0.3 is 33.7 Å². The Labute approximate surface area is 341 Å². The van der Waals surface area contributed by atoms with Gasteiger partial charge in [0.2, 0.25) is 0 Å². The SMILES string of the molecule is CC[C@H]1OC(=O)[C@H](C)C(=O)[C@H](C)[C@@H](O[C@@H]2O[C@H](C)C[C@H](N(C)C)[C@H]2O)[C@](C)(OC)C[C@@H](C)C(=O)[C@H](C)C2C(SCCn3ccc(-c4cccnc4)n3)C(=O)O[C@@]21C. The summed E-state index contributed by atoms with van der Waals surface area (Å²) < 4.78 is 33.1. The van der Waals surface area contributed by atoms with E-state index in [9.17, 15) is 24.3 Å². The topological polar surface area (TPSA) is 169 Å². The molecule has 3 aliphatic rings. The first-order valence-corrected chi connectivity index (χ1v) is 21.2. The average Bonchev–Trinajstić information content (AvgIpc) is 3.76. The lowest BCUT2D eigenvalue weighted by Crippen LogP contribution is -2.59. The number of pyridine rings is 1. The van der Waals surface area contributed by atoms with Crippen LogP contribution < -0.4 is 0 Å². The Morgan fingerprint density at radius 1 is 1.04 bits per heavy atom. The average molecular weight is 815 g/mol. The Morgan fingerprint density at radius 2 is 1.75 bits per heavy atom. The summed E-state index contributed by atoms with van der Waals surface area (Å²) in [5, 5.41) is 15.4. The van der Waals surface area contributed by atoms with E-state index in [2.05, 4.69) is 10.1 Å². The highest BCUT2D eigenvalue weighted by atomic mass is 32.2. The molecule has 15 heteroatoms. The monoisotopic (exact) mass is 814 g/mol. The number of carbonyl (C=O) groups excluding carboxylic acids is 4. The van der Waals surface area contributed by atoms with Crippen molar-refractivity contribution in [2.24, 2.45) is 29.6 Å². The summed E-state index contributed by atoms with van der Waals surface area (Å²) >= 11 is 1.39. The number of hydrogen-bond donors (Lipinski definition) is 1. The van der Waals surface area contributed by atoms with E-state index in [4.69, 9.17) is 23.7 Å². The van der Waals surface area contributed by atoms with Gasteiger partial charge >= 0.3 is 11.9 Å². The number of hydrogen-bond acceptors (Lipinski definition) is 14. The second-order valence-corrected chi connectivity index (χ2v) is 18.1. The molecule has 0 amide bonds. The fraction of sp³-hybridized carbons (Fsp3) is 0.714. The van der Waals surface area contributed by atoms with Crippen molar-refractivity contribution in [3.8, 4) is 11.3 Å². The number of likely N-dealkylation sites (N-methyl/N-ethyl adjacent to an activating group) is 1. The van der Waals surface area contributed by atoms with Crippen LogP contribution >= 0.6 is 11.8 Å². The number of ether oxygens (including phenoxy) is 5. The zero-order valence-corrected chi connectivity index (χ0v) is 36.1. The third-order valence-electron chi connectivity index (χ3n) is 12.5. The van der Waals surface area contributed by atoms with E-state index < -0.39 is 88.4 Å². The molecule has 0 aromatic carbocycles. The van der Waals surface area contributed by atoms with Crippen LogP contribution in [0.15, 0.2) is 36.8 Å². The van der Waals surface area contributed by atoms with Gasteiger partial charge in [-0.3, -0.25) is 28.8 Å². The second kappa shape index (κ2) is 18.4. The van der Waals surface area contributed by atoms with E-state index in [1.165, 1.54) is 25.8 Å². The molecule has 0 radical (unpaired) electrons. The van der Waals surface area contributed by atoms with Gasteiger partial charge in [0.15, 0.2) is 17.7 Å². The standard InChI is InChI=1S/C42H62N4O10S/c1-12-31-42(8)32(36(39(51)56-42)57-19-18-46-17-15-29(44-46)28-14-13-16-43-22-28)25(4)33(47)23(2)21-41(7,52-11)37(26(5)34(48)27(6)38(50)54-31)55-40-35(49)30(45(9)10)20-24(3)53-40/h13-17,22-27,30-32,35-37,40,49H,12,18-21H2,1-11H3/t23-,24-,25-,26+,27-,30+,31-,32?,35-,36?,37-,40+,41-,42-/m1/s1. The predicted octanol–water partition coefficient (Wildman–Crippen LogP) is 4.60. The number of thioether (sulfide) groups is 1.